The molecule has 1 atom stereocenters. The number of thioether (sulfide) groups is 1. The Balaban J connectivity index is 2.05. The molecule has 1 aromatic carbocycles. The van der Waals surface area contributed by atoms with E-state index in [1.54, 1.807) is 11.8 Å². The topological polar surface area (TPSA) is 24.4 Å². The molecule has 0 aromatic heterocycles. The zero-order valence-electron chi connectivity index (χ0n) is 11.7. The molecule has 0 bridgehead atoms. The monoisotopic (exact) mass is 336 g/mol. The first-order valence-corrected chi connectivity index (χ1v) is 7.86. The maximum atomic E-state index is 12.8. The van der Waals surface area contributed by atoms with Gasteiger partial charge in [-0.05, 0) is 30.5 Å². The summed E-state index contributed by atoms with van der Waals surface area (Å²) < 4.78 is 38.4. The van der Waals surface area contributed by atoms with Crippen LogP contribution in [-0.2, 0) is 6.18 Å². The summed E-state index contributed by atoms with van der Waals surface area (Å²) in [4.78, 5) is 4.33. The summed E-state index contributed by atoms with van der Waals surface area (Å²) in [6, 6.07) is 3.79. The average molecular weight is 337 g/mol. The fraction of sp³-hybridized carbons (Fsp3) is 0.500. The molecule has 0 aliphatic carbocycles. The van der Waals surface area contributed by atoms with E-state index in [0.29, 0.717) is 28.6 Å². The van der Waals surface area contributed by atoms with Crippen molar-refractivity contribution in [1.29, 1.82) is 0 Å². The second kappa shape index (κ2) is 6.48. The van der Waals surface area contributed by atoms with Crippen molar-refractivity contribution in [1.82, 2.24) is 0 Å². The molecule has 1 unspecified atom stereocenters. The molecule has 1 aliphatic rings. The Bertz CT molecular complexity index is 544. The Morgan fingerprint density at radius 1 is 1.43 bits per heavy atom. The molecule has 1 aromatic rings. The number of benzene rings is 1. The molecular formula is C14H16ClF3N2S. The van der Waals surface area contributed by atoms with Crippen LogP contribution in [0.4, 0.5) is 18.9 Å². The van der Waals surface area contributed by atoms with Crippen molar-refractivity contribution in [2.45, 2.75) is 31.7 Å². The van der Waals surface area contributed by atoms with Crippen LogP contribution in [0.15, 0.2) is 23.2 Å². The van der Waals surface area contributed by atoms with E-state index >= 15 is 0 Å². The van der Waals surface area contributed by atoms with Crippen molar-refractivity contribution in [3.8, 4) is 0 Å². The lowest BCUT2D eigenvalue weighted by atomic mass is 10.1. The highest BCUT2D eigenvalue weighted by Gasteiger charge is 2.33. The Morgan fingerprint density at radius 2 is 2.14 bits per heavy atom. The van der Waals surface area contributed by atoms with Crippen LogP contribution < -0.4 is 5.32 Å². The smallest absolute Gasteiger partial charge is 0.335 e. The van der Waals surface area contributed by atoms with Crippen LogP contribution >= 0.6 is 23.4 Å². The van der Waals surface area contributed by atoms with Crippen molar-refractivity contribution >= 4 is 34.2 Å². The van der Waals surface area contributed by atoms with Gasteiger partial charge in [0.05, 0.1) is 17.1 Å². The minimum absolute atomic E-state index is 0.299. The van der Waals surface area contributed by atoms with Gasteiger partial charge < -0.3 is 5.32 Å². The Hall–Kier alpha value is -0.880. The van der Waals surface area contributed by atoms with E-state index in [9.17, 15) is 13.2 Å². The van der Waals surface area contributed by atoms with Crippen molar-refractivity contribution in [3.05, 3.63) is 28.8 Å². The molecule has 21 heavy (non-hydrogen) atoms. The van der Waals surface area contributed by atoms with Crippen molar-refractivity contribution in [2.75, 3.05) is 11.9 Å². The third-order valence-corrected chi connectivity index (χ3v) is 4.43. The van der Waals surface area contributed by atoms with Crippen LogP contribution in [0.3, 0.4) is 0 Å². The molecule has 1 heterocycles. The van der Waals surface area contributed by atoms with Gasteiger partial charge in [-0.15, -0.1) is 0 Å². The third kappa shape index (κ3) is 4.54. The van der Waals surface area contributed by atoms with Gasteiger partial charge in [0.1, 0.15) is 0 Å². The van der Waals surface area contributed by atoms with Gasteiger partial charge in [0, 0.05) is 10.9 Å². The summed E-state index contributed by atoms with van der Waals surface area (Å²) in [5, 5.41) is 3.69. The first-order chi connectivity index (χ1) is 9.75. The number of nitrogens with one attached hydrogen (secondary N) is 1. The van der Waals surface area contributed by atoms with Gasteiger partial charge in [-0.2, -0.15) is 13.2 Å². The van der Waals surface area contributed by atoms with Crippen molar-refractivity contribution < 1.29 is 13.2 Å². The van der Waals surface area contributed by atoms with Gasteiger partial charge in [0.15, 0.2) is 5.17 Å². The number of hydrogen-bond donors (Lipinski definition) is 1. The number of rotatable bonds is 3. The van der Waals surface area contributed by atoms with E-state index in [1.165, 1.54) is 12.1 Å². The summed E-state index contributed by atoms with van der Waals surface area (Å²) in [6.45, 7) is 4.98. The van der Waals surface area contributed by atoms with Crippen LogP contribution in [0.25, 0.3) is 0 Å². The predicted octanol–water partition coefficient (Wildman–Crippen LogP) is 5.29. The number of nitrogens with zero attached hydrogens (tertiary/aromatic N) is 1. The molecule has 2 nitrogen and oxygen atoms in total. The summed E-state index contributed by atoms with van der Waals surface area (Å²) in [5.41, 5.74) is -0.486. The molecular weight excluding hydrogens is 321 g/mol. The van der Waals surface area contributed by atoms with Crippen LogP contribution in [-0.4, -0.2) is 17.0 Å². The molecule has 2 rings (SSSR count). The van der Waals surface area contributed by atoms with Gasteiger partial charge >= 0.3 is 6.18 Å². The molecule has 0 spiro atoms. The predicted molar refractivity (Wildman–Crippen MR) is 83.2 cm³/mol. The van der Waals surface area contributed by atoms with E-state index in [2.05, 4.69) is 24.2 Å². The zero-order chi connectivity index (χ0) is 15.6. The summed E-state index contributed by atoms with van der Waals surface area (Å²) >= 11 is 7.17. The molecule has 0 fully saturated rings. The molecule has 116 valence electrons. The van der Waals surface area contributed by atoms with E-state index in [0.717, 1.165) is 12.5 Å². The Morgan fingerprint density at radius 3 is 2.76 bits per heavy atom. The van der Waals surface area contributed by atoms with E-state index < -0.39 is 11.7 Å². The highest BCUT2D eigenvalue weighted by Crippen LogP contribution is 2.36. The highest BCUT2D eigenvalue weighted by molar-refractivity contribution is 8.15. The second-order valence-corrected chi connectivity index (χ2v) is 7.03. The van der Waals surface area contributed by atoms with Crippen molar-refractivity contribution in [3.63, 3.8) is 0 Å². The van der Waals surface area contributed by atoms with Gasteiger partial charge in [-0.25, -0.2) is 0 Å². The lowest BCUT2D eigenvalue weighted by Gasteiger charge is -2.13. The number of amidine groups is 1. The van der Waals surface area contributed by atoms with Gasteiger partial charge in [-0.3, -0.25) is 4.99 Å². The summed E-state index contributed by atoms with van der Waals surface area (Å²) in [5.74, 6) is 0.574. The van der Waals surface area contributed by atoms with Crippen LogP contribution in [0.1, 0.15) is 25.8 Å². The summed E-state index contributed by atoms with van der Waals surface area (Å²) in [6.07, 6.45) is -3.42. The maximum Gasteiger partial charge on any atom is 0.417 e. The lowest BCUT2D eigenvalue weighted by Crippen LogP contribution is -2.11. The molecule has 1 aliphatic heterocycles. The number of aliphatic imine (C=N–C) groups is 1. The number of anilines is 1. The first kappa shape index (κ1) is 16.5. The standard InChI is InChI=1S/C14H16ClF3N2S/c1-8(2)5-10-7-19-13(21-10)20-9-3-4-12(15)11(6-9)14(16,17)18/h3-4,6,8,10H,5,7H2,1-2H3,(H,19,20). The van der Waals surface area contributed by atoms with Gasteiger partial charge in [-0.1, -0.05) is 37.2 Å². The SMILES string of the molecule is CC(C)CC1CN=C(Nc2ccc(Cl)c(C(F)(F)F)c2)S1. The van der Waals surface area contributed by atoms with Gasteiger partial charge in [0.25, 0.3) is 0 Å². The van der Waals surface area contributed by atoms with Crippen LogP contribution in [0.2, 0.25) is 5.02 Å². The van der Waals surface area contributed by atoms with Crippen LogP contribution in [0, 0.1) is 5.92 Å². The number of hydrogen-bond acceptors (Lipinski definition) is 3. The van der Waals surface area contributed by atoms with Gasteiger partial charge in [0.2, 0.25) is 0 Å². The molecule has 0 saturated heterocycles. The molecule has 0 saturated carbocycles. The number of alkyl halides is 3. The Labute approximate surface area is 131 Å². The van der Waals surface area contributed by atoms with E-state index in [4.69, 9.17) is 11.6 Å². The molecule has 0 radical (unpaired) electrons. The fourth-order valence-corrected chi connectivity index (χ4v) is 3.57. The van der Waals surface area contributed by atoms with E-state index in [-0.39, 0.29) is 5.02 Å². The molecule has 0 amide bonds. The zero-order valence-corrected chi connectivity index (χ0v) is 13.2. The van der Waals surface area contributed by atoms with E-state index in [1.807, 2.05) is 0 Å². The lowest BCUT2D eigenvalue weighted by molar-refractivity contribution is -0.137. The molecule has 7 heteroatoms. The quantitative estimate of drug-likeness (QED) is 0.811. The Kier molecular flexibility index (Phi) is 5.09. The number of halogens is 4. The normalized spacial score (nSPS) is 19.0. The maximum absolute atomic E-state index is 12.8. The third-order valence-electron chi connectivity index (χ3n) is 2.97. The minimum Gasteiger partial charge on any atom is -0.335 e. The second-order valence-electron chi connectivity index (χ2n) is 5.33. The van der Waals surface area contributed by atoms with Crippen LogP contribution in [0.5, 0.6) is 0 Å². The summed E-state index contributed by atoms with van der Waals surface area (Å²) in [7, 11) is 0. The minimum atomic E-state index is -4.46. The average Bonchev–Trinajstić information content (AvgIpc) is 2.76. The first-order valence-electron chi connectivity index (χ1n) is 6.60. The van der Waals surface area contributed by atoms with Crippen molar-refractivity contribution in [2.24, 2.45) is 10.9 Å². The largest absolute Gasteiger partial charge is 0.417 e. The highest BCUT2D eigenvalue weighted by atomic mass is 35.5. The molecule has 1 N–H and O–H groups in total. The fourth-order valence-electron chi connectivity index (χ4n) is 2.08.